The molecule has 164 valence electrons. The lowest BCUT2D eigenvalue weighted by Gasteiger charge is -2.53. The smallest absolute Gasteiger partial charge is 0.306 e. The van der Waals surface area contributed by atoms with E-state index in [4.69, 9.17) is 14.6 Å². The summed E-state index contributed by atoms with van der Waals surface area (Å²) in [5.41, 5.74) is 1.87. The molecule has 3 rings (SSSR count). The van der Waals surface area contributed by atoms with Gasteiger partial charge >= 0.3 is 5.97 Å². The Kier molecular flexibility index (Phi) is 7.50. The molecule has 8 heteroatoms. The summed E-state index contributed by atoms with van der Waals surface area (Å²) in [6, 6.07) is 3.29. The quantitative estimate of drug-likeness (QED) is 0.541. The Balaban J connectivity index is 0.00000145. The number of hydrogen-bond acceptors (Lipinski definition) is 7. The van der Waals surface area contributed by atoms with Gasteiger partial charge in [-0.05, 0) is 42.5 Å². The van der Waals surface area contributed by atoms with Crippen LogP contribution in [0.3, 0.4) is 0 Å². The fraction of sp³-hybridized carbons (Fsp3) is 0.667. The number of rotatable bonds is 5. The molecular formula is C21H33NO7. The number of carboxylic acids is 1. The predicted octanol–water partition coefficient (Wildman–Crippen LogP) is 1.76. The van der Waals surface area contributed by atoms with Gasteiger partial charge in [0.2, 0.25) is 5.91 Å². The van der Waals surface area contributed by atoms with Crippen LogP contribution in [0.4, 0.5) is 0 Å². The average molecular weight is 411 g/mol. The van der Waals surface area contributed by atoms with Crippen molar-refractivity contribution in [2.24, 2.45) is 11.8 Å². The molecule has 1 saturated heterocycles. The van der Waals surface area contributed by atoms with Crippen molar-refractivity contribution in [1.29, 1.82) is 0 Å². The highest BCUT2D eigenvalue weighted by Gasteiger charge is 2.54. The first kappa shape index (κ1) is 23.4. The van der Waals surface area contributed by atoms with Gasteiger partial charge in [-0.25, -0.2) is 4.90 Å². The largest absolute Gasteiger partial charge is 0.493 e. The number of ether oxygens (including phenoxy) is 2. The maximum absolute atomic E-state index is 11.2. The van der Waals surface area contributed by atoms with Crippen molar-refractivity contribution in [3.8, 4) is 11.5 Å². The van der Waals surface area contributed by atoms with Gasteiger partial charge in [-0.15, -0.1) is 0 Å². The first-order valence-electron chi connectivity index (χ1n) is 10.1. The predicted molar refractivity (Wildman–Crippen MR) is 107 cm³/mol. The second-order valence-corrected chi connectivity index (χ2v) is 7.44. The van der Waals surface area contributed by atoms with E-state index in [0.29, 0.717) is 24.5 Å². The second-order valence-electron chi connectivity index (χ2n) is 7.44. The van der Waals surface area contributed by atoms with Gasteiger partial charge < -0.3 is 29.9 Å². The van der Waals surface area contributed by atoms with Crippen molar-refractivity contribution in [2.75, 3.05) is 20.8 Å². The normalized spacial score (nSPS) is 26.3. The van der Waals surface area contributed by atoms with Crippen LogP contribution in [0.5, 0.6) is 11.5 Å². The molecule has 29 heavy (non-hydrogen) atoms. The molecule has 2 heterocycles. The summed E-state index contributed by atoms with van der Waals surface area (Å²) in [4.78, 5) is 12.7. The van der Waals surface area contributed by atoms with Crippen LogP contribution in [-0.4, -0.2) is 64.1 Å². The van der Waals surface area contributed by atoms with Crippen LogP contribution >= 0.6 is 0 Å². The van der Waals surface area contributed by atoms with Gasteiger partial charge in [-0.2, -0.15) is 0 Å². The van der Waals surface area contributed by atoms with Gasteiger partial charge in [0.05, 0.1) is 32.2 Å². The van der Waals surface area contributed by atoms with Gasteiger partial charge in [-0.3, -0.25) is 4.79 Å². The van der Waals surface area contributed by atoms with Crippen molar-refractivity contribution in [3.63, 3.8) is 0 Å². The number of fused-ring (bicyclic) bond motifs is 3. The Hall–Kier alpha value is -1.87. The number of aliphatic hydroxyl groups is 3. The van der Waals surface area contributed by atoms with Crippen LogP contribution in [0, 0.1) is 11.8 Å². The van der Waals surface area contributed by atoms with E-state index >= 15 is 0 Å². The molecule has 2 aliphatic heterocycles. The van der Waals surface area contributed by atoms with Crippen molar-refractivity contribution >= 4 is 5.97 Å². The minimum Gasteiger partial charge on any atom is -0.493 e. The Labute approximate surface area is 171 Å². The van der Waals surface area contributed by atoms with Gasteiger partial charge in [-0.1, -0.05) is 20.8 Å². The number of aliphatic carboxylic acids is 1. The number of benzene rings is 1. The molecule has 0 aromatic heterocycles. The monoisotopic (exact) mass is 411 g/mol. The Morgan fingerprint density at radius 1 is 1.24 bits per heavy atom. The van der Waals surface area contributed by atoms with E-state index in [0.717, 1.165) is 11.1 Å². The molecule has 0 aliphatic carbocycles. The lowest BCUT2D eigenvalue weighted by atomic mass is 9.76. The van der Waals surface area contributed by atoms with E-state index in [1.165, 1.54) is 14.0 Å². The zero-order valence-electron chi connectivity index (χ0n) is 17.8. The molecule has 2 unspecified atom stereocenters. The van der Waals surface area contributed by atoms with Crippen LogP contribution in [0.2, 0.25) is 0 Å². The summed E-state index contributed by atoms with van der Waals surface area (Å²) in [7, 11) is 3.09. The molecule has 4 atom stereocenters. The summed E-state index contributed by atoms with van der Waals surface area (Å²) in [5.74, 6) is -3.94. The zero-order valence-corrected chi connectivity index (χ0v) is 17.8. The highest BCUT2D eigenvalue weighted by Crippen LogP contribution is 2.48. The molecule has 8 nitrogen and oxygen atoms in total. The van der Waals surface area contributed by atoms with E-state index in [-0.39, 0.29) is 12.8 Å². The SMILES string of the molecule is CC.COc1cc2c(cc1OC)[C@@H]1CC(O)[C@@H](CC(C)C(=O)O)C(O)(O)N1CC2. The molecule has 2 aliphatic rings. The van der Waals surface area contributed by atoms with Crippen LogP contribution < -0.4 is 9.47 Å². The number of methoxy groups -OCH3 is 2. The number of aliphatic hydroxyl groups excluding tert-OH is 1. The maximum Gasteiger partial charge on any atom is 0.306 e. The zero-order chi connectivity index (χ0) is 21.9. The highest BCUT2D eigenvalue weighted by molar-refractivity contribution is 5.69. The van der Waals surface area contributed by atoms with E-state index in [2.05, 4.69) is 0 Å². The second kappa shape index (κ2) is 9.30. The first-order valence-corrected chi connectivity index (χ1v) is 10.1. The molecule has 1 aromatic carbocycles. The van der Waals surface area contributed by atoms with Gasteiger partial charge in [0.1, 0.15) is 0 Å². The molecule has 0 radical (unpaired) electrons. The number of carboxylic acid groups (broad SMARTS) is 1. The minimum absolute atomic E-state index is 0.0223. The molecule has 0 saturated carbocycles. The third kappa shape index (κ3) is 4.35. The standard InChI is InChI=1S/C19H27NO7.C2H6/c1-10(18(22)23)6-13-15(21)9-14-12-8-17(27-3)16(26-2)7-11(12)4-5-20(14)19(13,24)25;1-2/h7-8,10,13-15,21,24-25H,4-6,9H2,1-3H3,(H,22,23);1-2H3/t10?,13-,14+,15?;/m1./s1. The number of carbonyl (C=O) groups is 1. The van der Waals surface area contributed by atoms with E-state index in [9.17, 15) is 20.1 Å². The number of nitrogens with zero attached hydrogens (tertiary/aromatic N) is 1. The number of hydrogen-bond donors (Lipinski definition) is 4. The molecule has 0 amide bonds. The van der Waals surface area contributed by atoms with Gasteiger partial charge in [0, 0.05) is 12.6 Å². The lowest BCUT2D eigenvalue weighted by molar-refractivity contribution is -0.343. The maximum atomic E-state index is 11.2. The first-order chi connectivity index (χ1) is 13.7. The van der Waals surface area contributed by atoms with E-state index < -0.39 is 35.9 Å². The van der Waals surface area contributed by atoms with Crippen molar-refractivity contribution in [1.82, 2.24) is 4.90 Å². The average Bonchev–Trinajstić information content (AvgIpc) is 2.70. The summed E-state index contributed by atoms with van der Waals surface area (Å²) >= 11 is 0. The van der Waals surface area contributed by atoms with Crippen molar-refractivity contribution in [2.45, 2.75) is 58.1 Å². The van der Waals surface area contributed by atoms with Crippen LogP contribution in [0.25, 0.3) is 0 Å². The molecule has 0 bridgehead atoms. The molecular weight excluding hydrogens is 378 g/mol. The van der Waals surface area contributed by atoms with Gasteiger partial charge in [0.15, 0.2) is 11.5 Å². The van der Waals surface area contributed by atoms with Crippen LogP contribution in [-0.2, 0) is 11.2 Å². The van der Waals surface area contributed by atoms with Crippen molar-refractivity contribution < 1.29 is 34.7 Å². The summed E-state index contributed by atoms with van der Waals surface area (Å²) in [5, 5.41) is 41.5. The molecule has 1 fully saturated rings. The fourth-order valence-corrected chi connectivity index (χ4v) is 4.34. The minimum atomic E-state index is -2.29. The van der Waals surface area contributed by atoms with E-state index in [1.54, 1.807) is 12.0 Å². The molecule has 1 aromatic rings. The topological polar surface area (TPSA) is 120 Å². The highest BCUT2D eigenvalue weighted by atomic mass is 16.5. The molecule has 4 N–H and O–H groups in total. The van der Waals surface area contributed by atoms with Crippen LogP contribution in [0.1, 0.15) is 50.8 Å². The molecule has 0 spiro atoms. The summed E-state index contributed by atoms with van der Waals surface area (Å²) in [6.07, 6.45) is -0.206. The van der Waals surface area contributed by atoms with Crippen LogP contribution in [0.15, 0.2) is 12.1 Å². The third-order valence-corrected chi connectivity index (χ3v) is 5.88. The number of piperidine rings is 1. The fourth-order valence-electron chi connectivity index (χ4n) is 4.34. The lowest BCUT2D eigenvalue weighted by Crippen LogP contribution is -2.64. The van der Waals surface area contributed by atoms with E-state index in [1.807, 2.05) is 26.0 Å². The Morgan fingerprint density at radius 3 is 2.38 bits per heavy atom. The Morgan fingerprint density at radius 2 is 1.83 bits per heavy atom. The summed E-state index contributed by atoms with van der Waals surface area (Å²) in [6.45, 7) is 5.88. The summed E-state index contributed by atoms with van der Waals surface area (Å²) < 4.78 is 10.7. The Bertz CT molecular complexity index is 721. The van der Waals surface area contributed by atoms with Gasteiger partial charge in [0.25, 0.3) is 0 Å². The van der Waals surface area contributed by atoms with Crippen molar-refractivity contribution in [3.05, 3.63) is 23.3 Å². The third-order valence-electron chi connectivity index (χ3n) is 5.88.